The first-order valence-electron chi connectivity index (χ1n) is 6.93. The molecular weight excluding hydrogens is 244 g/mol. The Kier molecular flexibility index (Phi) is 3.19. The fourth-order valence-electron chi connectivity index (χ4n) is 3.91. The smallest absolute Gasteiger partial charge is 0.163 e. The first-order valence-corrected chi connectivity index (χ1v) is 7.30. The van der Waals surface area contributed by atoms with Crippen LogP contribution in [0.15, 0.2) is 18.2 Å². The van der Waals surface area contributed by atoms with Crippen LogP contribution in [0.5, 0.6) is 0 Å². The number of rotatable bonds is 3. The van der Waals surface area contributed by atoms with Gasteiger partial charge >= 0.3 is 0 Å². The van der Waals surface area contributed by atoms with Crippen molar-refractivity contribution in [3.63, 3.8) is 0 Å². The van der Waals surface area contributed by atoms with E-state index in [4.69, 9.17) is 11.6 Å². The SMILES string of the molecule is Cc1cc(Cl)ccc1C(=O)CC1CC2CCC1C2. The van der Waals surface area contributed by atoms with Crippen molar-refractivity contribution in [3.05, 3.63) is 34.3 Å². The number of carbonyl (C=O) groups excluding carboxylic acids is 1. The molecule has 3 rings (SSSR count). The van der Waals surface area contributed by atoms with Crippen LogP contribution in [0.4, 0.5) is 0 Å². The van der Waals surface area contributed by atoms with E-state index < -0.39 is 0 Å². The molecule has 18 heavy (non-hydrogen) atoms. The maximum atomic E-state index is 12.4. The summed E-state index contributed by atoms with van der Waals surface area (Å²) in [5.41, 5.74) is 1.87. The van der Waals surface area contributed by atoms with Gasteiger partial charge in [-0.1, -0.05) is 18.0 Å². The lowest BCUT2D eigenvalue weighted by Crippen LogP contribution is -2.15. The lowest BCUT2D eigenvalue weighted by molar-refractivity contribution is 0.0943. The molecule has 0 heterocycles. The minimum absolute atomic E-state index is 0.307. The van der Waals surface area contributed by atoms with Gasteiger partial charge in [0, 0.05) is 17.0 Å². The third-order valence-electron chi connectivity index (χ3n) is 4.82. The quantitative estimate of drug-likeness (QED) is 0.724. The standard InChI is InChI=1S/C16H19ClO/c1-10-6-14(17)4-5-15(10)16(18)9-13-8-11-2-3-12(13)7-11/h4-6,11-13H,2-3,7-9H2,1H3. The van der Waals surface area contributed by atoms with Crippen molar-refractivity contribution in [2.24, 2.45) is 17.8 Å². The summed E-state index contributed by atoms with van der Waals surface area (Å²) in [5, 5.41) is 0.712. The van der Waals surface area contributed by atoms with E-state index >= 15 is 0 Å². The normalized spacial score (nSPS) is 29.8. The summed E-state index contributed by atoms with van der Waals surface area (Å²) in [6, 6.07) is 5.59. The molecule has 96 valence electrons. The van der Waals surface area contributed by atoms with Crippen molar-refractivity contribution in [3.8, 4) is 0 Å². The molecular formula is C16H19ClO. The Morgan fingerprint density at radius 3 is 2.78 bits per heavy atom. The molecule has 0 radical (unpaired) electrons. The molecule has 2 fully saturated rings. The van der Waals surface area contributed by atoms with E-state index in [2.05, 4.69) is 0 Å². The van der Waals surface area contributed by atoms with Crippen LogP contribution in [0, 0.1) is 24.7 Å². The fraction of sp³-hybridized carbons (Fsp3) is 0.562. The van der Waals surface area contributed by atoms with Gasteiger partial charge in [0.2, 0.25) is 0 Å². The van der Waals surface area contributed by atoms with Crippen LogP contribution in [0.25, 0.3) is 0 Å². The third-order valence-corrected chi connectivity index (χ3v) is 5.06. The van der Waals surface area contributed by atoms with Crippen molar-refractivity contribution < 1.29 is 4.79 Å². The molecule has 0 N–H and O–H groups in total. The fourth-order valence-corrected chi connectivity index (χ4v) is 4.14. The number of aryl methyl sites for hydroxylation is 1. The summed E-state index contributed by atoms with van der Waals surface area (Å²) >= 11 is 5.93. The number of hydrogen-bond acceptors (Lipinski definition) is 1. The van der Waals surface area contributed by atoms with Gasteiger partial charge in [-0.2, -0.15) is 0 Å². The third kappa shape index (κ3) is 2.21. The van der Waals surface area contributed by atoms with Crippen LogP contribution >= 0.6 is 11.6 Å². The molecule has 0 amide bonds. The van der Waals surface area contributed by atoms with Gasteiger partial charge in [0.25, 0.3) is 0 Å². The van der Waals surface area contributed by atoms with Crippen LogP contribution in [0.2, 0.25) is 5.02 Å². The van der Waals surface area contributed by atoms with Crippen LogP contribution in [0.1, 0.15) is 48.0 Å². The van der Waals surface area contributed by atoms with Gasteiger partial charge in [-0.15, -0.1) is 0 Å². The number of benzene rings is 1. The molecule has 3 unspecified atom stereocenters. The summed E-state index contributed by atoms with van der Waals surface area (Å²) in [6.45, 7) is 1.97. The van der Waals surface area contributed by atoms with E-state index in [1.165, 1.54) is 25.7 Å². The molecule has 1 aromatic carbocycles. The Hall–Kier alpha value is -0.820. The second kappa shape index (κ2) is 4.70. The lowest BCUT2D eigenvalue weighted by atomic mass is 9.84. The summed E-state index contributed by atoms with van der Waals surface area (Å²) < 4.78 is 0. The molecule has 3 atom stereocenters. The van der Waals surface area contributed by atoms with E-state index in [1.54, 1.807) is 0 Å². The molecule has 0 aromatic heterocycles. The molecule has 2 heteroatoms. The Labute approximate surface area is 114 Å². The minimum Gasteiger partial charge on any atom is -0.294 e. The molecule has 2 aliphatic rings. The molecule has 0 aliphatic heterocycles. The van der Waals surface area contributed by atoms with Crippen molar-refractivity contribution in [2.45, 2.75) is 39.0 Å². The van der Waals surface area contributed by atoms with Gasteiger partial charge in [-0.05, 0) is 67.7 Å². The van der Waals surface area contributed by atoms with E-state index in [-0.39, 0.29) is 0 Å². The summed E-state index contributed by atoms with van der Waals surface area (Å²) in [7, 11) is 0. The van der Waals surface area contributed by atoms with Crippen molar-refractivity contribution in [1.82, 2.24) is 0 Å². The molecule has 2 bridgehead atoms. The minimum atomic E-state index is 0.307. The summed E-state index contributed by atoms with van der Waals surface area (Å²) in [4.78, 5) is 12.4. The first kappa shape index (κ1) is 12.2. The van der Waals surface area contributed by atoms with E-state index in [0.29, 0.717) is 16.7 Å². The first-order chi connectivity index (χ1) is 8.63. The largest absolute Gasteiger partial charge is 0.294 e. The zero-order chi connectivity index (χ0) is 12.7. The van der Waals surface area contributed by atoms with Crippen LogP contribution in [-0.4, -0.2) is 5.78 Å². The number of Topliss-reactive ketones (excluding diaryl/α,β-unsaturated/α-hetero) is 1. The van der Waals surface area contributed by atoms with Gasteiger partial charge < -0.3 is 0 Å². The number of ketones is 1. The number of halogens is 1. The van der Waals surface area contributed by atoms with Gasteiger partial charge in [0.05, 0.1) is 0 Å². The summed E-state index contributed by atoms with van der Waals surface area (Å²) in [5.74, 6) is 2.69. The molecule has 0 saturated heterocycles. The predicted molar refractivity (Wildman–Crippen MR) is 74.1 cm³/mol. The van der Waals surface area contributed by atoms with Crippen LogP contribution in [-0.2, 0) is 0 Å². The predicted octanol–water partition coefficient (Wildman–Crippen LogP) is 4.66. The van der Waals surface area contributed by atoms with Crippen LogP contribution in [0.3, 0.4) is 0 Å². The molecule has 1 nitrogen and oxygen atoms in total. The molecule has 1 aromatic rings. The van der Waals surface area contributed by atoms with Crippen molar-refractivity contribution in [2.75, 3.05) is 0 Å². The van der Waals surface area contributed by atoms with Gasteiger partial charge in [0.15, 0.2) is 5.78 Å². The maximum absolute atomic E-state index is 12.4. The maximum Gasteiger partial charge on any atom is 0.163 e. The van der Waals surface area contributed by atoms with E-state index in [1.807, 2.05) is 25.1 Å². The van der Waals surface area contributed by atoms with E-state index in [0.717, 1.165) is 29.4 Å². The lowest BCUT2D eigenvalue weighted by Gasteiger charge is -2.21. The number of hydrogen-bond donors (Lipinski definition) is 0. The van der Waals surface area contributed by atoms with Crippen molar-refractivity contribution >= 4 is 17.4 Å². The zero-order valence-corrected chi connectivity index (χ0v) is 11.5. The van der Waals surface area contributed by atoms with E-state index in [9.17, 15) is 4.79 Å². The average Bonchev–Trinajstić information content (AvgIpc) is 2.90. The molecule has 0 spiro atoms. The Morgan fingerprint density at radius 2 is 2.17 bits per heavy atom. The Bertz CT molecular complexity index is 480. The topological polar surface area (TPSA) is 17.1 Å². The number of carbonyl (C=O) groups is 1. The highest BCUT2D eigenvalue weighted by atomic mass is 35.5. The second-order valence-electron chi connectivity index (χ2n) is 6.02. The number of fused-ring (bicyclic) bond motifs is 2. The Balaban J connectivity index is 1.71. The monoisotopic (exact) mass is 262 g/mol. The molecule has 2 saturated carbocycles. The second-order valence-corrected chi connectivity index (χ2v) is 6.46. The zero-order valence-electron chi connectivity index (χ0n) is 10.8. The molecule has 2 aliphatic carbocycles. The van der Waals surface area contributed by atoms with Gasteiger partial charge in [0.1, 0.15) is 0 Å². The average molecular weight is 263 g/mol. The summed E-state index contributed by atoms with van der Waals surface area (Å²) in [6.07, 6.45) is 6.14. The highest BCUT2D eigenvalue weighted by Gasteiger charge is 2.40. The Morgan fingerprint density at radius 1 is 1.33 bits per heavy atom. The van der Waals surface area contributed by atoms with Crippen LogP contribution < -0.4 is 0 Å². The highest BCUT2D eigenvalue weighted by Crippen LogP contribution is 2.49. The van der Waals surface area contributed by atoms with Crippen molar-refractivity contribution in [1.29, 1.82) is 0 Å². The van der Waals surface area contributed by atoms with Gasteiger partial charge in [-0.25, -0.2) is 0 Å². The van der Waals surface area contributed by atoms with Gasteiger partial charge in [-0.3, -0.25) is 4.79 Å². The highest BCUT2D eigenvalue weighted by molar-refractivity contribution is 6.30.